The number of hydrogen-bond acceptors (Lipinski definition) is 3. The zero-order chi connectivity index (χ0) is 15.4. The summed E-state index contributed by atoms with van der Waals surface area (Å²) in [4.78, 5) is 13.8. The summed E-state index contributed by atoms with van der Waals surface area (Å²) in [7, 11) is 0. The van der Waals surface area contributed by atoms with Crippen molar-refractivity contribution >= 4 is 43.5 Å². The maximum atomic E-state index is 12.2. The molecule has 6 heteroatoms. The quantitative estimate of drug-likeness (QED) is 0.707. The Morgan fingerprint density at radius 2 is 2.29 bits per heavy atom. The van der Waals surface area contributed by atoms with E-state index < -0.39 is 0 Å². The van der Waals surface area contributed by atoms with Crippen LogP contribution in [-0.4, -0.2) is 28.8 Å². The summed E-state index contributed by atoms with van der Waals surface area (Å²) in [6, 6.07) is 7.44. The van der Waals surface area contributed by atoms with Crippen LogP contribution in [0.25, 0.3) is 5.70 Å². The first-order valence-corrected chi connectivity index (χ1v) is 8.24. The lowest BCUT2D eigenvalue weighted by Crippen LogP contribution is -2.38. The number of benzene rings is 1. The number of nitriles is 1. The molecule has 0 radical (unpaired) electrons. The van der Waals surface area contributed by atoms with E-state index in [1.807, 2.05) is 25.1 Å². The van der Waals surface area contributed by atoms with E-state index in [1.54, 1.807) is 11.0 Å². The molecule has 1 amide bonds. The van der Waals surface area contributed by atoms with Gasteiger partial charge in [0.1, 0.15) is 11.8 Å². The van der Waals surface area contributed by atoms with Gasteiger partial charge in [-0.2, -0.15) is 5.26 Å². The van der Waals surface area contributed by atoms with Crippen molar-refractivity contribution in [3.63, 3.8) is 0 Å². The van der Waals surface area contributed by atoms with Crippen LogP contribution in [0.2, 0.25) is 0 Å². The Morgan fingerprint density at radius 1 is 1.52 bits per heavy atom. The van der Waals surface area contributed by atoms with E-state index in [0.29, 0.717) is 18.7 Å². The highest BCUT2D eigenvalue weighted by atomic mass is 79.9. The van der Waals surface area contributed by atoms with Gasteiger partial charge in [-0.3, -0.25) is 4.79 Å². The minimum Gasteiger partial charge on any atom is -0.479 e. The number of halogens is 2. The Balaban J connectivity index is 2.33. The second kappa shape index (κ2) is 7.10. The smallest absolute Gasteiger partial charge is 0.241 e. The lowest BCUT2D eigenvalue weighted by Gasteiger charge is -2.31. The van der Waals surface area contributed by atoms with Crippen molar-refractivity contribution in [3.8, 4) is 11.8 Å². The second-order valence-electron chi connectivity index (χ2n) is 4.46. The largest absolute Gasteiger partial charge is 0.479 e. The lowest BCUT2D eigenvalue weighted by molar-refractivity contribution is -0.127. The number of rotatable bonds is 4. The molecule has 110 valence electrons. The fourth-order valence-corrected chi connectivity index (χ4v) is 3.20. The number of carbonyl (C=O) groups is 1. The van der Waals surface area contributed by atoms with Gasteiger partial charge in [0.25, 0.3) is 0 Å². The summed E-state index contributed by atoms with van der Waals surface area (Å²) in [5.74, 6) is 0.697. The van der Waals surface area contributed by atoms with Crippen LogP contribution < -0.4 is 4.74 Å². The molecule has 1 aliphatic heterocycles. The highest BCUT2D eigenvalue weighted by Crippen LogP contribution is 2.34. The molecule has 1 heterocycles. The first-order valence-electron chi connectivity index (χ1n) is 6.53. The maximum absolute atomic E-state index is 12.2. The van der Waals surface area contributed by atoms with E-state index in [4.69, 9.17) is 10.00 Å². The molecule has 0 saturated heterocycles. The SMILES string of the molecule is CCN1C(=O)C(Br)CC=C1c1ccc(OCC#N)cc1Br. The molecule has 2 rings (SSSR count). The van der Waals surface area contributed by atoms with E-state index in [2.05, 4.69) is 37.9 Å². The lowest BCUT2D eigenvalue weighted by atomic mass is 10.0. The molecule has 0 fully saturated rings. The van der Waals surface area contributed by atoms with Gasteiger partial charge >= 0.3 is 0 Å². The molecular weight excluding hydrogens is 400 g/mol. The van der Waals surface area contributed by atoms with Gasteiger partial charge in [-0.15, -0.1) is 0 Å². The van der Waals surface area contributed by atoms with Crippen LogP contribution in [0.1, 0.15) is 18.9 Å². The molecule has 0 aliphatic carbocycles. The van der Waals surface area contributed by atoms with Crippen molar-refractivity contribution in [2.24, 2.45) is 0 Å². The highest BCUT2D eigenvalue weighted by molar-refractivity contribution is 9.10. The number of amides is 1. The van der Waals surface area contributed by atoms with Crippen LogP contribution in [0, 0.1) is 11.3 Å². The zero-order valence-corrected chi connectivity index (χ0v) is 14.6. The molecule has 0 N–H and O–H groups in total. The minimum atomic E-state index is -0.154. The Labute approximate surface area is 140 Å². The summed E-state index contributed by atoms with van der Waals surface area (Å²) in [5.41, 5.74) is 1.84. The van der Waals surface area contributed by atoms with Gasteiger partial charge in [0.2, 0.25) is 5.91 Å². The van der Waals surface area contributed by atoms with Gasteiger partial charge in [-0.1, -0.05) is 22.0 Å². The average Bonchev–Trinajstić information content (AvgIpc) is 2.48. The van der Waals surface area contributed by atoms with Crippen molar-refractivity contribution in [1.82, 2.24) is 4.90 Å². The molecule has 1 atom stereocenters. The Morgan fingerprint density at radius 3 is 2.90 bits per heavy atom. The fraction of sp³-hybridized carbons (Fsp3) is 0.333. The topological polar surface area (TPSA) is 53.3 Å². The van der Waals surface area contributed by atoms with Crippen LogP contribution in [0.5, 0.6) is 5.75 Å². The van der Waals surface area contributed by atoms with Gasteiger partial charge in [0, 0.05) is 22.3 Å². The Hall–Kier alpha value is -1.32. The van der Waals surface area contributed by atoms with Gasteiger partial charge in [-0.05, 0) is 47.5 Å². The van der Waals surface area contributed by atoms with Crippen molar-refractivity contribution < 1.29 is 9.53 Å². The summed E-state index contributed by atoms with van der Waals surface area (Å²) < 4.78 is 6.11. The maximum Gasteiger partial charge on any atom is 0.241 e. The normalized spacial score (nSPS) is 18.2. The van der Waals surface area contributed by atoms with Crippen LogP contribution in [0.4, 0.5) is 0 Å². The van der Waals surface area contributed by atoms with Crippen LogP contribution in [0.15, 0.2) is 28.7 Å². The van der Waals surface area contributed by atoms with Crippen molar-refractivity contribution in [1.29, 1.82) is 5.26 Å². The summed E-state index contributed by atoms with van der Waals surface area (Å²) >= 11 is 6.91. The number of hydrogen-bond donors (Lipinski definition) is 0. The van der Waals surface area contributed by atoms with Crippen molar-refractivity contribution in [2.75, 3.05) is 13.2 Å². The third kappa shape index (κ3) is 3.47. The molecule has 0 bridgehead atoms. The fourth-order valence-electron chi connectivity index (χ4n) is 2.20. The second-order valence-corrected chi connectivity index (χ2v) is 6.42. The molecule has 4 nitrogen and oxygen atoms in total. The van der Waals surface area contributed by atoms with Crippen LogP contribution >= 0.6 is 31.9 Å². The molecule has 1 aromatic rings. The predicted octanol–water partition coefficient (Wildman–Crippen LogP) is 3.71. The summed E-state index contributed by atoms with van der Waals surface area (Å²) in [6.45, 7) is 2.58. The van der Waals surface area contributed by atoms with E-state index in [1.165, 1.54) is 0 Å². The summed E-state index contributed by atoms with van der Waals surface area (Å²) in [5, 5.41) is 8.53. The standard InChI is InChI=1S/C15H14Br2N2O2/c1-2-19-14(6-5-12(16)15(19)20)11-4-3-10(9-13(11)17)21-8-7-18/h3-4,6,9,12H,2,5,8H2,1H3. The van der Waals surface area contributed by atoms with Crippen molar-refractivity contribution in [3.05, 3.63) is 34.3 Å². The molecule has 0 saturated carbocycles. The Bertz CT molecular complexity index is 623. The van der Waals surface area contributed by atoms with E-state index in [0.717, 1.165) is 15.7 Å². The first-order chi connectivity index (χ1) is 10.1. The molecule has 21 heavy (non-hydrogen) atoms. The van der Waals surface area contributed by atoms with Gasteiger partial charge in [-0.25, -0.2) is 0 Å². The van der Waals surface area contributed by atoms with E-state index in [9.17, 15) is 4.79 Å². The predicted molar refractivity (Wildman–Crippen MR) is 87.9 cm³/mol. The third-order valence-electron chi connectivity index (χ3n) is 3.18. The molecule has 0 aromatic heterocycles. The van der Waals surface area contributed by atoms with Gasteiger partial charge in [0.15, 0.2) is 6.61 Å². The summed E-state index contributed by atoms with van der Waals surface area (Å²) in [6.07, 6.45) is 2.73. The third-order valence-corrected chi connectivity index (χ3v) is 4.60. The number of nitrogens with zero attached hydrogens (tertiary/aromatic N) is 2. The molecule has 1 aliphatic rings. The number of ether oxygens (including phenoxy) is 1. The average molecular weight is 414 g/mol. The van der Waals surface area contributed by atoms with Gasteiger partial charge < -0.3 is 9.64 Å². The Kier molecular flexibility index (Phi) is 5.43. The minimum absolute atomic E-state index is 0.0132. The van der Waals surface area contributed by atoms with E-state index in [-0.39, 0.29) is 17.3 Å². The molecule has 0 spiro atoms. The molecule has 1 unspecified atom stereocenters. The number of carbonyl (C=O) groups excluding carboxylic acids is 1. The van der Waals surface area contributed by atoms with E-state index >= 15 is 0 Å². The number of allylic oxidation sites excluding steroid dienone is 1. The van der Waals surface area contributed by atoms with Crippen LogP contribution in [0.3, 0.4) is 0 Å². The zero-order valence-electron chi connectivity index (χ0n) is 11.5. The number of alkyl halides is 1. The monoisotopic (exact) mass is 412 g/mol. The molecule has 1 aromatic carbocycles. The highest BCUT2D eigenvalue weighted by Gasteiger charge is 2.28. The van der Waals surface area contributed by atoms with Crippen LogP contribution in [-0.2, 0) is 4.79 Å². The van der Waals surface area contributed by atoms with Crippen molar-refractivity contribution in [2.45, 2.75) is 18.2 Å². The first kappa shape index (κ1) is 16.1. The van der Waals surface area contributed by atoms with Gasteiger partial charge in [0.05, 0.1) is 4.83 Å². The molecular formula is C15H14Br2N2O2.